The Morgan fingerprint density at radius 1 is 1.17 bits per heavy atom. The van der Waals surface area contributed by atoms with Crippen LogP contribution in [0.25, 0.3) is 0 Å². The Balaban J connectivity index is 1.64. The number of rotatable bonds is 15. The summed E-state index contributed by atoms with van der Waals surface area (Å²) in [5, 5.41) is 20.3. The van der Waals surface area contributed by atoms with Crippen LogP contribution in [0.2, 0.25) is 30.7 Å². The van der Waals surface area contributed by atoms with Crippen molar-refractivity contribution < 1.29 is 28.8 Å². The number of hydrogen-bond acceptors (Lipinski definition) is 10. The van der Waals surface area contributed by atoms with Crippen molar-refractivity contribution in [1.29, 1.82) is 5.26 Å². The number of methoxy groups -OCH3 is 1. The molecule has 12 heteroatoms. The molecule has 1 heterocycles. The zero-order valence-electron chi connectivity index (χ0n) is 24.2. The van der Waals surface area contributed by atoms with Crippen LogP contribution >= 0.6 is 23.5 Å². The molecule has 0 aliphatic carbocycles. The van der Waals surface area contributed by atoms with E-state index in [1.165, 1.54) is 19.2 Å². The molecule has 1 unspecified atom stereocenters. The average Bonchev–Trinajstić information content (AvgIpc) is 2.95. The van der Waals surface area contributed by atoms with Crippen molar-refractivity contribution in [2.45, 2.75) is 55.9 Å². The number of ether oxygens (including phenoxy) is 4. The maximum absolute atomic E-state index is 12.0. The lowest BCUT2D eigenvalue weighted by Gasteiger charge is -2.38. The van der Waals surface area contributed by atoms with Crippen LogP contribution in [0.15, 0.2) is 35.2 Å². The first kappa shape index (κ1) is 33.0. The summed E-state index contributed by atoms with van der Waals surface area (Å²) >= 11 is 7.61. The number of halogens is 1. The van der Waals surface area contributed by atoms with Crippen molar-refractivity contribution in [3.05, 3.63) is 46.5 Å². The summed E-state index contributed by atoms with van der Waals surface area (Å²) in [7, 11) is 0.199. The van der Waals surface area contributed by atoms with Gasteiger partial charge in [-0.3, -0.25) is 0 Å². The largest absolute Gasteiger partial charge is 0.507 e. The first-order valence-corrected chi connectivity index (χ1v) is 18.6. The first-order chi connectivity index (χ1) is 19.6. The second kappa shape index (κ2) is 16.2. The highest BCUT2D eigenvalue weighted by Gasteiger charge is 2.26. The van der Waals surface area contributed by atoms with Gasteiger partial charge in [0.15, 0.2) is 0 Å². The number of nitrogens with zero attached hydrogens (tertiary/aromatic N) is 2. The summed E-state index contributed by atoms with van der Waals surface area (Å²) in [6.45, 7) is 10.2. The number of nitrogens with one attached hydrogen (secondary N) is 1. The Hall–Kier alpha value is -2.46. The number of phenols is 1. The van der Waals surface area contributed by atoms with E-state index >= 15 is 0 Å². The lowest BCUT2D eigenvalue weighted by molar-refractivity contribution is -0.0668. The van der Waals surface area contributed by atoms with Crippen molar-refractivity contribution in [3.63, 3.8) is 0 Å². The molecule has 2 N–H and O–H groups in total. The van der Waals surface area contributed by atoms with Gasteiger partial charge in [-0.2, -0.15) is 5.26 Å². The van der Waals surface area contributed by atoms with Crippen LogP contribution in [0.5, 0.6) is 5.75 Å². The highest BCUT2D eigenvalue weighted by atomic mass is 35.5. The highest BCUT2D eigenvalue weighted by Crippen LogP contribution is 2.39. The van der Waals surface area contributed by atoms with Gasteiger partial charge in [-0.1, -0.05) is 31.2 Å². The molecule has 9 nitrogen and oxygen atoms in total. The Morgan fingerprint density at radius 2 is 1.93 bits per heavy atom. The number of phenolic OH excluding ortho intramolecular Hbond substituents is 1. The number of carbonyl (C=O) groups excluding carboxylic acids is 1. The molecule has 3 rings (SSSR count). The molecular formula is C29H40ClN3O6SSi. The topological polar surface area (TPSA) is 113 Å². The van der Waals surface area contributed by atoms with E-state index in [1.807, 2.05) is 0 Å². The minimum absolute atomic E-state index is 0.0131. The molecule has 1 saturated heterocycles. The zero-order valence-corrected chi connectivity index (χ0v) is 26.8. The predicted molar refractivity (Wildman–Crippen MR) is 166 cm³/mol. The fourth-order valence-corrected chi connectivity index (χ4v) is 6.00. The number of aromatic hydroxyl groups is 1. The minimum atomic E-state index is -1.11. The normalized spacial score (nSPS) is 15.4. The lowest BCUT2D eigenvalue weighted by atomic mass is 10.0. The fraction of sp³-hybridized carbons (Fsp3) is 0.517. The van der Waals surface area contributed by atoms with Crippen LogP contribution in [0.4, 0.5) is 11.4 Å². The second-order valence-electron chi connectivity index (χ2n) is 11.0. The summed E-state index contributed by atoms with van der Waals surface area (Å²) < 4.78 is 25.2. The SMILES string of the molecule is COC(=O)c1ccc(O)c(SNc2cc(C#N)c(Cl)cc2N2CCCCC2COCCOCOCC[Si](C)(C)C)c1. The van der Waals surface area contributed by atoms with Gasteiger partial charge in [0.05, 0.1) is 65.4 Å². The van der Waals surface area contributed by atoms with Gasteiger partial charge in [0.2, 0.25) is 0 Å². The summed E-state index contributed by atoms with van der Waals surface area (Å²) in [6.07, 6.45) is 3.05. The van der Waals surface area contributed by atoms with Crippen LogP contribution in [0, 0.1) is 11.3 Å². The van der Waals surface area contributed by atoms with E-state index in [4.69, 9.17) is 30.5 Å². The third kappa shape index (κ3) is 10.4. The van der Waals surface area contributed by atoms with Crippen LogP contribution in [0.3, 0.4) is 0 Å². The summed E-state index contributed by atoms with van der Waals surface area (Å²) in [5.41, 5.74) is 2.16. The molecule has 41 heavy (non-hydrogen) atoms. The van der Waals surface area contributed by atoms with E-state index in [1.54, 1.807) is 18.2 Å². The Labute approximate surface area is 253 Å². The number of carbonyl (C=O) groups is 1. The van der Waals surface area contributed by atoms with Crippen molar-refractivity contribution in [1.82, 2.24) is 0 Å². The Morgan fingerprint density at radius 3 is 2.66 bits per heavy atom. The van der Waals surface area contributed by atoms with Crippen LogP contribution in [0.1, 0.15) is 35.2 Å². The van der Waals surface area contributed by atoms with E-state index in [2.05, 4.69) is 35.3 Å². The molecule has 1 aliphatic rings. The van der Waals surface area contributed by atoms with Gasteiger partial charge < -0.3 is 33.7 Å². The Kier molecular flexibility index (Phi) is 13.1. The van der Waals surface area contributed by atoms with Gasteiger partial charge in [-0.25, -0.2) is 4.79 Å². The third-order valence-electron chi connectivity index (χ3n) is 6.64. The van der Waals surface area contributed by atoms with Crippen molar-refractivity contribution in [2.75, 3.05) is 56.5 Å². The maximum atomic E-state index is 12.0. The average molecular weight is 622 g/mol. The van der Waals surface area contributed by atoms with E-state index in [-0.39, 0.29) is 18.6 Å². The predicted octanol–water partition coefficient (Wildman–Crippen LogP) is 6.53. The Bertz CT molecular complexity index is 1210. The molecule has 2 aromatic rings. The molecule has 224 valence electrons. The fourth-order valence-electron chi connectivity index (χ4n) is 4.30. The van der Waals surface area contributed by atoms with E-state index in [0.717, 1.165) is 56.1 Å². The van der Waals surface area contributed by atoms with Crippen LogP contribution in [-0.4, -0.2) is 72.1 Å². The summed E-state index contributed by atoms with van der Waals surface area (Å²) in [6, 6.07) is 11.4. The monoisotopic (exact) mass is 621 g/mol. The molecule has 1 aliphatic heterocycles. The van der Waals surface area contributed by atoms with E-state index in [9.17, 15) is 15.2 Å². The van der Waals surface area contributed by atoms with E-state index < -0.39 is 14.0 Å². The molecule has 0 aromatic heterocycles. The van der Waals surface area contributed by atoms with Gasteiger partial charge in [-0.05, 0) is 67.6 Å². The smallest absolute Gasteiger partial charge is 0.337 e. The number of hydrogen-bond donors (Lipinski definition) is 2. The van der Waals surface area contributed by atoms with Gasteiger partial charge >= 0.3 is 5.97 Å². The zero-order chi connectivity index (χ0) is 29.8. The second-order valence-corrected chi connectivity index (χ2v) is 17.9. The maximum Gasteiger partial charge on any atom is 0.337 e. The molecule has 2 aromatic carbocycles. The van der Waals surface area contributed by atoms with Crippen molar-refractivity contribution in [3.8, 4) is 11.8 Å². The molecule has 0 spiro atoms. The quantitative estimate of drug-likeness (QED) is 0.0748. The number of anilines is 2. The lowest BCUT2D eigenvalue weighted by Crippen LogP contribution is -2.43. The van der Waals surface area contributed by atoms with Crippen molar-refractivity contribution in [2.24, 2.45) is 0 Å². The van der Waals surface area contributed by atoms with Crippen molar-refractivity contribution >= 4 is 49.0 Å². The first-order valence-electron chi connectivity index (χ1n) is 13.7. The molecule has 0 amide bonds. The molecule has 1 fully saturated rings. The number of benzene rings is 2. The molecule has 0 bridgehead atoms. The van der Waals surface area contributed by atoms with Gasteiger partial charge in [0.1, 0.15) is 18.6 Å². The van der Waals surface area contributed by atoms with Gasteiger partial charge in [-0.15, -0.1) is 0 Å². The number of esters is 1. The van der Waals surface area contributed by atoms with E-state index in [0.29, 0.717) is 46.6 Å². The van der Waals surface area contributed by atoms with Crippen LogP contribution < -0.4 is 9.62 Å². The van der Waals surface area contributed by atoms with Crippen LogP contribution in [-0.2, 0) is 18.9 Å². The number of nitriles is 1. The minimum Gasteiger partial charge on any atom is -0.507 e. The molecule has 0 saturated carbocycles. The van der Waals surface area contributed by atoms with Gasteiger partial charge in [0, 0.05) is 21.2 Å². The molecule has 1 atom stereocenters. The van der Waals surface area contributed by atoms with Gasteiger partial charge in [0.25, 0.3) is 0 Å². The molecule has 0 radical (unpaired) electrons. The summed E-state index contributed by atoms with van der Waals surface area (Å²) in [4.78, 5) is 14.7. The standard InChI is InChI=1S/C29H40ClN3O6SSi/c1-36-29(35)21-8-9-27(34)28(16-21)40-32-25-15-22(18-31)24(30)17-26(25)33-10-6-5-7-23(33)19-37-11-12-38-20-39-13-14-41(2,3)4/h8-9,15-17,23,32,34H,5-7,10-14,19-20H2,1-4H3. The summed E-state index contributed by atoms with van der Waals surface area (Å²) in [5.74, 6) is -0.485. The molecular weight excluding hydrogens is 582 g/mol. The third-order valence-corrected chi connectivity index (χ3v) is 9.53. The number of piperidine rings is 1. The highest BCUT2D eigenvalue weighted by molar-refractivity contribution is 8.00.